The number of aromatic nitrogens is 2. The van der Waals surface area contributed by atoms with Crippen LogP contribution in [0.5, 0.6) is 0 Å². The topological polar surface area (TPSA) is 67.2 Å². The molecule has 7 heteroatoms. The summed E-state index contributed by atoms with van der Waals surface area (Å²) < 4.78 is 2.09. The van der Waals surface area contributed by atoms with Crippen LogP contribution in [0.25, 0.3) is 11.0 Å². The third kappa shape index (κ3) is 5.04. The summed E-state index contributed by atoms with van der Waals surface area (Å²) in [6.45, 7) is 3.52. The number of aryl methyl sites for hydroxylation is 1. The summed E-state index contributed by atoms with van der Waals surface area (Å²) in [5.74, 6) is 0.876. The lowest BCUT2D eigenvalue weighted by Gasteiger charge is -2.26. The Kier molecular flexibility index (Phi) is 7.25. The molecule has 2 heterocycles. The molecule has 1 aliphatic rings. The van der Waals surface area contributed by atoms with Crippen LogP contribution in [0.2, 0.25) is 0 Å². The zero-order chi connectivity index (χ0) is 22.5. The number of anilines is 1. The minimum absolute atomic E-state index is 0.133. The van der Waals surface area contributed by atoms with E-state index in [1.54, 1.807) is 0 Å². The van der Waals surface area contributed by atoms with Crippen molar-refractivity contribution in [3.05, 3.63) is 46.2 Å². The summed E-state index contributed by atoms with van der Waals surface area (Å²) in [5.41, 5.74) is 2.93. The molecule has 1 aliphatic carbocycles. The Morgan fingerprint density at radius 3 is 2.75 bits per heavy atom. The van der Waals surface area contributed by atoms with Gasteiger partial charge in [-0.05, 0) is 48.4 Å². The van der Waals surface area contributed by atoms with Crippen LogP contribution in [-0.4, -0.2) is 33.3 Å². The number of carbonyl (C=O) groups is 2. The summed E-state index contributed by atoms with van der Waals surface area (Å²) in [6, 6.07) is 9.83. The second-order valence-corrected chi connectivity index (χ2v) is 9.67. The first-order valence-corrected chi connectivity index (χ1v) is 12.5. The molecule has 2 amide bonds. The number of nitrogens with zero attached hydrogens (tertiary/aromatic N) is 3. The van der Waals surface area contributed by atoms with Gasteiger partial charge < -0.3 is 9.47 Å². The first-order chi connectivity index (χ1) is 15.6. The quantitative estimate of drug-likeness (QED) is 0.477. The monoisotopic (exact) mass is 452 g/mol. The minimum Gasteiger partial charge on any atom is -0.341 e. The third-order valence-electron chi connectivity index (χ3n) is 6.27. The maximum Gasteiger partial charge on any atom is 0.268 e. The largest absolute Gasteiger partial charge is 0.341 e. The Labute approximate surface area is 193 Å². The van der Waals surface area contributed by atoms with Crippen LogP contribution in [0, 0.1) is 5.92 Å². The molecule has 32 heavy (non-hydrogen) atoms. The second-order valence-electron chi connectivity index (χ2n) is 8.72. The van der Waals surface area contributed by atoms with E-state index >= 15 is 0 Å². The van der Waals surface area contributed by atoms with Crippen molar-refractivity contribution in [3.63, 3.8) is 0 Å². The molecule has 0 saturated heterocycles. The number of fused-ring (bicyclic) bond motifs is 1. The summed E-state index contributed by atoms with van der Waals surface area (Å²) in [7, 11) is 1.90. The molecule has 2 aromatic heterocycles. The van der Waals surface area contributed by atoms with Crippen LogP contribution in [-0.2, 0) is 17.9 Å². The molecule has 1 N–H and O–H groups in total. The van der Waals surface area contributed by atoms with Gasteiger partial charge in [0.1, 0.15) is 0 Å². The molecule has 1 aromatic carbocycles. The van der Waals surface area contributed by atoms with Crippen LogP contribution in [0.15, 0.2) is 35.7 Å². The molecule has 4 rings (SSSR count). The summed E-state index contributed by atoms with van der Waals surface area (Å²) in [4.78, 5) is 32.7. The van der Waals surface area contributed by atoms with Gasteiger partial charge in [0.15, 0.2) is 0 Å². The van der Waals surface area contributed by atoms with Crippen molar-refractivity contribution in [1.29, 1.82) is 0 Å². The van der Waals surface area contributed by atoms with Gasteiger partial charge in [-0.3, -0.25) is 14.9 Å². The van der Waals surface area contributed by atoms with Crippen molar-refractivity contribution in [3.8, 4) is 0 Å². The Balaban J connectivity index is 1.56. The average Bonchev–Trinajstić information content (AvgIpc) is 3.46. The first kappa shape index (κ1) is 22.5. The highest BCUT2D eigenvalue weighted by Crippen LogP contribution is 2.27. The summed E-state index contributed by atoms with van der Waals surface area (Å²) in [5, 5.41) is 4.89. The Morgan fingerprint density at radius 2 is 2.03 bits per heavy atom. The number of amides is 2. The number of imidazole rings is 1. The van der Waals surface area contributed by atoms with Gasteiger partial charge in [-0.2, -0.15) is 0 Å². The van der Waals surface area contributed by atoms with Crippen LogP contribution >= 0.6 is 11.3 Å². The molecule has 0 aliphatic heterocycles. The molecule has 6 nitrogen and oxygen atoms in total. The molecular weight excluding hydrogens is 420 g/mol. The number of rotatable bonds is 8. The summed E-state index contributed by atoms with van der Waals surface area (Å²) >= 11 is 1.42. The number of hydrogen-bond acceptors (Lipinski definition) is 4. The molecular formula is C25H32N4O2S. The summed E-state index contributed by atoms with van der Waals surface area (Å²) in [6.07, 6.45) is 7.64. The predicted molar refractivity (Wildman–Crippen MR) is 130 cm³/mol. The fourth-order valence-electron chi connectivity index (χ4n) is 4.49. The predicted octanol–water partition coefficient (Wildman–Crippen LogP) is 5.69. The van der Waals surface area contributed by atoms with Gasteiger partial charge in [0.05, 0.1) is 15.9 Å². The molecule has 1 saturated carbocycles. The van der Waals surface area contributed by atoms with E-state index in [1.807, 2.05) is 41.6 Å². The minimum atomic E-state index is -0.133. The van der Waals surface area contributed by atoms with Gasteiger partial charge >= 0.3 is 0 Å². The lowest BCUT2D eigenvalue weighted by atomic mass is 9.88. The van der Waals surface area contributed by atoms with Crippen LogP contribution in [0.1, 0.15) is 67.1 Å². The first-order valence-electron chi connectivity index (χ1n) is 11.7. The molecule has 0 atom stereocenters. The molecule has 3 aromatic rings. The van der Waals surface area contributed by atoms with E-state index in [0.717, 1.165) is 61.7 Å². The van der Waals surface area contributed by atoms with Crippen molar-refractivity contribution >= 4 is 40.1 Å². The number of benzene rings is 1. The van der Waals surface area contributed by atoms with Gasteiger partial charge in [-0.25, -0.2) is 4.98 Å². The highest BCUT2D eigenvalue weighted by Gasteiger charge is 2.24. The number of unbranched alkanes of at least 4 members (excludes halogenated alkanes) is 1. The SMILES string of the molecule is CCCCn1c(NC(=O)c2cccs2)nc2ccc(CN(C)C(=O)C3CCCCC3)cc21. The van der Waals surface area contributed by atoms with Gasteiger partial charge in [0.2, 0.25) is 11.9 Å². The molecule has 1 fully saturated rings. The number of hydrogen-bond donors (Lipinski definition) is 1. The van der Waals surface area contributed by atoms with E-state index in [-0.39, 0.29) is 17.7 Å². The normalized spacial score (nSPS) is 14.6. The highest BCUT2D eigenvalue weighted by atomic mass is 32.1. The van der Waals surface area contributed by atoms with E-state index in [1.165, 1.54) is 17.8 Å². The van der Waals surface area contributed by atoms with Crippen molar-refractivity contribution in [2.45, 2.75) is 65.0 Å². The molecule has 0 spiro atoms. The lowest BCUT2D eigenvalue weighted by Crippen LogP contribution is -2.33. The molecule has 170 valence electrons. The third-order valence-corrected chi connectivity index (χ3v) is 7.14. The van der Waals surface area contributed by atoms with Gasteiger partial charge in [0, 0.05) is 26.1 Å². The average molecular weight is 453 g/mol. The van der Waals surface area contributed by atoms with Gasteiger partial charge in [-0.15, -0.1) is 11.3 Å². The smallest absolute Gasteiger partial charge is 0.268 e. The van der Waals surface area contributed by atoms with Crippen LogP contribution in [0.3, 0.4) is 0 Å². The van der Waals surface area contributed by atoms with E-state index in [0.29, 0.717) is 17.4 Å². The van der Waals surface area contributed by atoms with Gasteiger partial charge in [0.25, 0.3) is 5.91 Å². The zero-order valence-corrected chi connectivity index (χ0v) is 19.8. The van der Waals surface area contributed by atoms with Gasteiger partial charge in [-0.1, -0.05) is 44.7 Å². The van der Waals surface area contributed by atoms with Crippen molar-refractivity contribution < 1.29 is 9.59 Å². The van der Waals surface area contributed by atoms with E-state index in [4.69, 9.17) is 4.98 Å². The van der Waals surface area contributed by atoms with E-state index in [9.17, 15) is 9.59 Å². The van der Waals surface area contributed by atoms with Crippen molar-refractivity contribution in [2.24, 2.45) is 5.92 Å². The van der Waals surface area contributed by atoms with E-state index < -0.39 is 0 Å². The zero-order valence-electron chi connectivity index (χ0n) is 19.0. The van der Waals surface area contributed by atoms with Crippen LogP contribution in [0.4, 0.5) is 5.95 Å². The highest BCUT2D eigenvalue weighted by molar-refractivity contribution is 7.12. The number of thiophene rings is 1. The fraction of sp³-hybridized carbons (Fsp3) is 0.480. The molecule has 0 unspecified atom stereocenters. The second kappa shape index (κ2) is 10.3. The Bertz CT molecular complexity index is 1070. The standard InChI is InChI=1S/C25H32N4O2S/c1-3-4-14-29-21-16-18(17-28(2)24(31)19-9-6-5-7-10-19)12-13-20(21)26-25(29)27-23(30)22-11-8-15-32-22/h8,11-13,15-16,19H,3-7,9-10,14,17H2,1-2H3,(H,26,27,30). The van der Waals surface area contributed by atoms with E-state index in [2.05, 4.69) is 22.9 Å². The fourth-order valence-corrected chi connectivity index (χ4v) is 5.11. The van der Waals surface area contributed by atoms with Crippen molar-refractivity contribution in [1.82, 2.24) is 14.5 Å². The van der Waals surface area contributed by atoms with Crippen molar-refractivity contribution in [2.75, 3.05) is 12.4 Å². The van der Waals surface area contributed by atoms with Crippen LogP contribution < -0.4 is 5.32 Å². The maximum absolute atomic E-state index is 12.9. The number of carbonyl (C=O) groups excluding carboxylic acids is 2. The lowest BCUT2D eigenvalue weighted by molar-refractivity contribution is -0.135. The maximum atomic E-state index is 12.9. The Morgan fingerprint density at radius 1 is 1.22 bits per heavy atom. The molecule has 0 radical (unpaired) electrons. The molecule has 0 bridgehead atoms. The number of nitrogens with one attached hydrogen (secondary N) is 1. The Hall–Kier alpha value is -2.67.